The molecule has 0 fully saturated rings. The molecule has 0 aromatic carbocycles. The third-order valence-electron chi connectivity index (χ3n) is 1.45. The van der Waals surface area contributed by atoms with Crippen molar-refractivity contribution in [1.29, 1.82) is 0 Å². The zero-order valence-corrected chi connectivity index (χ0v) is 8.47. The zero-order valence-electron chi connectivity index (χ0n) is 7.71. The number of halogens is 1. The number of hydrogen-bond donors (Lipinski definition) is 2. The molecule has 13 heavy (non-hydrogen) atoms. The second-order valence-electron chi connectivity index (χ2n) is 3.50. The van der Waals surface area contributed by atoms with Gasteiger partial charge < -0.3 is 10.4 Å². The summed E-state index contributed by atoms with van der Waals surface area (Å²) >= 11 is 5.85. The summed E-state index contributed by atoms with van der Waals surface area (Å²) in [7, 11) is 0. The van der Waals surface area contributed by atoms with Crippen molar-refractivity contribution < 1.29 is 5.11 Å². The van der Waals surface area contributed by atoms with Gasteiger partial charge in [0.1, 0.15) is 5.82 Å². The van der Waals surface area contributed by atoms with Gasteiger partial charge in [-0.3, -0.25) is 0 Å². The first-order valence-corrected chi connectivity index (χ1v) is 4.43. The Bertz CT molecular complexity index is 283. The predicted octanol–water partition coefficient (Wildman–Crippen LogP) is 1.92. The molecule has 0 bridgehead atoms. The normalized spacial score (nSPS) is 11.4. The van der Waals surface area contributed by atoms with Gasteiger partial charge in [0.25, 0.3) is 0 Å². The van der Waals surface area contributed by atoms with E-state index in [4.69, 9.17) is 11.6 Å². The molecule has 0 amide bonds. The molecule has 0 aliphatic rings. The van der Waals surface area contributed by atoms with Crippen molar-refractivity contribution in [3.63, 3.8) is 0 Å². The lowest BCUT2D eigenvalue weighted by Gasteiger charge is -2.18. The first-order valence-electron chi connectivity index (χ1n) is 4.06. The van der Waals surface area contributed by atoms with Crippen LogP contribution in [-0.2, 0) is 0 Å². The highest BCUT2D eigenvalue weighted by Gasteiger charge is 2.12. The van der Waals surface area contributed by atoms with Crippen molar-refractivity contribution in [1.82, 2.24) is 4.98 Å². The number of aromatic nitrogens is 1. The first-order chi connectivity index (χ1) is 5.99. The SMILES string of the molecule is CC(C)(O)CNc1ncccc1Cl. The van der Waals surface area contributed by atoms with Gasteiger partial charge in [0, 0.05) is 12.7 Å². The van der Waals surface area contributed by atoms with E-state index in [9.17, 15) is 5.11 Å². The molecule has 0 spiro atoms. The van der Waals surface area contributed by atoms with Crippen LogP contribution in [0.5, 0.6) is 0 Å². The second-order valence-corrected chi connectivity index (χ2v) is 3.91. The topological polar surface area (TPSA) is 45.1 Å². The lowest BCUT2D eigenvalue weighted by atomic mass is 10.1. The van der Waals surface area contributed by atoms with Crippen LogP contribution >= 0.6 is 11.6 Å². The van der Waals surface area contributed by atoms with Gasteiger partial charge in [0.2, 0.25) is 0 Å². The molecule has 0 atom stereocenters. The summed E-state index contributed by atoms with van der Waals surface area (Å²) < 4.78 is 0. The van der Waals surface area contributed by atoms with E-state index >= 15 is 0 Å². The van der Waals surface area contributed by atoms with Gasteiger partial charge in [-0.1, -0.05) is 11.6 Å². The van der Waals surface area contributed by atoms with Crippen molar-refractivity contribution in [3.8, 4) is 0 Å². The van der Waals surface area contributed by atoms with Gasteiger partial charge in [-0.05, 0) is 26.0 Å². The Morgan fingerprint density at radius 2 is 2.31 bits per heavy atom. The summed E-state index contributed by atoms with van der Waals surface area (Å²) in [4.78, 5) is 4.03. The second kappa shape index (κ2) is 3.94. The van der Waals surface area contributed by atoms with Gasteiger partial charge in [-0.15, -0.1) is 0 Å². The maximum Gasteiger partial charge on any atom is 0.144 e. The minimum Gasteiger partial charge on any atom is -0.389 e. The Balaban J connectivity index is 2.60. The van der Waals surface area contributed by atoms with Crippen molar-refractivity contribution in [3.05, 3.63) is 23.4 Å². The molecule has 0 aliphatic heterocycles. The summed E-state index contributed by atoms with van der Waals surface area (Å²) in [6.45, 7) is 3.86. The van der Waals surface area contributed by atoms with Crippen LogP contribution in [0.2, 0.25) is 5.02 Å². The van der Waals surface area contributed by atoms with E-state index in [0.717, 1.165) is 0 Å². The zero-order chi connectivity index (χ0) is 9.90. The number of aliphatic hydroxyl groups is 1. The molecule has 0 saturated carbocycles. The lowest BCUT2D eigenvalue weighted by molar-refractivity contribution is 0.0944. The van der Waals surface area contributed by atoms with Crippen LogP contribution in [0.25, 0.3) is 0 Å². The third-order valence-corrected chi connectivity index (χ3v) is 1.75. The molecule has 0 unspecified atom stereocenters. The van der Waals surface area contributed by atoms with E-state index < -0.39 is 5.60 Å². The van der Waals surface area contributed by atoms with E-state index in [1.807, 2.05) is 0 Å². The van der Waals surface area contributed by atoms with Crippen molar-refractivity contribution >= 4 is 17.4 Å². The quantitative estimate of drug-likeness (QED) is 0.784. The molecule has 0 saturated heterocycles. The van der Waals surface area contributed by atoms with Crippen LogP contribution in [0.15, 0.2) is 18.3 Å². The van der Waals surface area contributed by atoms with E-state index in [2.05, 4.69) is 10.3 Å². The van der Waals surface area contributed by atoms with E-state index in [1.165, 1.54) is 0 Å². The highest BCUT2D eigenvalue weighted by Crippen LogP contribution is 2.17. The Morgan fingerprint density at radius 3 is 2.85 bits per heavy atom. The van der Waals surface area contributed by atoms with Crippen molar-refractivity contribution in [2.45, 2.75) is 19.4 Å². The number of hydrogen-bond acceptors (Lipinski definition) is 3. The van der Waals surface area contributed by atoms with Crippen LogP contribution in [0.4, 0.5) is 5.82 Å². The van der Waals surface area contributed by atoms with E-state index in [1.54, 1.807) is 32.2 Å². The molecule has 1 heterocycles. The number of anilines is 1. The lowest BCUT2D eigenvalue weighted by Crippen LogP contribution is -2.29. The van der Waals surface area contributed by atoms with E-state index in [0.29, 0.717) is 17.4 Å². The minimum atomic E-state index is -0.763. The minimum absolute atomic E-state index is 0.420. The molecular formula is C9H13ClN2O. The Morgan fingerprint density at radius 1 is 1.62 bits per heavy atom. The van der Waals surface area contributed by atoms with E-state index in [-0.39, 0.29) is 0 Å². The predicted molar refractivity (Wildman–Crippen MR) is 54.0 cm³/mol. The third kappa shape index (κ3) is 3.61. The molecule has 1 aromatic rings. The summed E-state index contributed by atoms with van der Waals surface area (Å²) in [5, 5.41) is 13.0. The Hall–Kier alpha value is -0.800. The molecular weight excluding hydrogens is 188 g/mol. The highest BCUT2D eigenvalue weighted by atomic mass is 35.5. The molecule has 72 valence electrons. The number of nitrogens with zero attached hydrogens (tertiary/aromatic N) is 1. The fourth-order valence-corrected chi connectivity index (χ4v) is 1.00. The van der Waals surface area contributed by atoms with Crippen LogP contribution in [0, 0.1) is 0 Å². The fourth-order valence-electron chi connectivity index (χ4n) is 0.816. The Kier molecular flexibility index (Phi) is 3.12. The monoisotopic (exact) mass is 200 g/mol. The van der Waals surface area contributed by atoms with Crippen LogP contribution < -0.4 is 5.32 Å². The molecule has 0 aliphatic carbocycles. The standard InChI is InChI=1S/C9H13ClN2O/c1-9(2,13)6-12-8-7(10)4-3-5-11-8/h3-5,13H,6H2,1-2H3,(H,11,12). The Labute approximate surface area is 82.8 Å². The summed E-state index contributed by atoms with van der Waals surface area (Å²) in [5.74, 6) is 0.603. The van der Waals surface area contributed by atoms with Gasteiger partial charge in [-0.2, -0.15) is 0 Å². The maximum absolute atomic E-state index is 9.44. The fraction of sp³-hybridized carbons (Fsp3) is 0.444. The summed E-state index contributed by atoms with van der Waals surface area (Å²) in [6.07, 6.45) is 1.65. The average molecular weight is 201 g/mol. The van der Waals surface area contributed by atoms with Gasteiger partial charge in [-0.25, -0.2) is 4.98 Å². The van der Waals surface area contributed by atoms with Gasteiger partial charge in [0.05, 0.1) is 10.6 Å². The maximum atomic E-state index is 9.44. The molecule has 4 heteroatoms. The van der Waals surface area contributed by atoms with Gasteiger partial charge >= 0.3 is 0 Å². The highest BCUT2D eigenvalue weighted by molar-refractivity contribution is 6.32. The number of pyridine rings is 1. The van der Waals surface area contributed by atoms with Gasteiger partial charge in [0.15, 0.2) is 0 Å². The number of nitrogens with one attached hydrogen (secondary N) is 1. The smallest absolute Gasteiger partial charge is 0.144 e. The molecule has 0 radical (unpaired) electrons. The van der Waals surface area contributed by atoms with Crippen molar-refractivity contribution in [2.24, 2.45) is 0 Å². The van der Waals surface area contributed by atoms with Crippen LogP contribution in [0.3, 0.4) is 0 Å². The first kappa shape index (κ1) is 10.3. The van der Waals surface area contributed by atoms with Crippen LogP contribution in [0.1, 0.15) is 13.8 Å². The molecule has 3 nitrogen and oxygen atoms in total. The largest absolute Gasteiger partial charge is 0.389 e. The molecule has 1 aromatic heterocycles. The number of rotatable bonds is 3. The molecule has 2 N–H and O–H groups in total. The summed E-state index contributed by atoms with van der Waals surface area (Å²) in [6, 6.07) is 3.51. The molecule has 1 rings (SSSR count). The van der Waals surface area contributed by atoms with Crippen LogP contribution in [-0.4, -0.2) is 22.2 Å². The van der Waals surface area contributed by atoms with Crippen molar-refractivity contribution in [2.75, 3.05) is 11.9 Å². The summed E-state index contributed by atoms with van der Waals surface area (Å²) in [5.41, 5.74) is -0.763. The average Bonchev–Trinajstić information content (AvgIpc) is 2.01.